The van der Waals surface area contributed by atoms with Gasteiger partial charge in [-0.1, -0.05) is 24.3 Å². The van der Waals surface area contributed by atoms with Crippen LogP contribution in [-0.4, -0.2) is 23.3 Å². The van der Waals surface area contributed by atoms with Crippen molar-refractivity contribution in [3.63, 3.8) is 0 Å². The minimum absolute atomic E-state index is 0.0480. The molecule has 4 aromatic rings. The van der Waals surface area contributed by atoms with Gasteiger partial charge in [0.2, 0.25) is 5.91 Å². The summed E-state index contributed by atoms with van der Waals surface area (Å²) >= 11 is 0. The van der Waals surface area contributed by atoms with Crippen LogP contribution in [0.5, 0.6) is 5.75 Å². The van der Waals surface area contributed by atoms with E-state index in [1.54, 1.807) is 53.1 Å². The monoisotopic (exact) mass is 426 g/mol. The summed E-state index contributed by atoms with van der Waals surface area (Å²) in [5.41, 5.74) is 1.59. The van der Waals surface area contributed by atoms with Crippen LogP contribution >= 0.6 is 0 Å². The van der Waals surface area contributed by atoms with Crippen LogP contribution in [0.4, 0.5) is 18.9 Å². The van der Waals surface area contributed by atoms with Crippen molar-refractivity contribution < 1.29 is 22.7 Å². The number of para-hydroxylation sites is 2. The molecule has 1 amide bonds. The number of halogens is 3. The minimum atomic E-state index is -4.42. The molecule has 0 aliphatic carbocycles. The number of nitrogens with zero attached hydrogens (tertiary/aromatic N) is 1. The summed E-state index contributed by atoms with van der Waals surface area (Å²) in [5.74, 6) is -0.296. The van der Waals surface area contributed by atoms with Gasteiger partial charge >= 0.3 is 6.18 Å². The third-order valence-electron chi connectivity index (χ3n) is 4.72. The summed E-state index contributed by atoms with van der Waals surface area (Å²) in [5, 5.41) is 3.75. The maximum Gasteiger partial charge on any atom is 0.422 e. The fraction of sp³-hybridized carbons (Fsp3) is 0.130. The molecule has 0 aliphatic rings. The number of aromatic nitrogens is 1. The quantitative estimate of drug-likeness (QED) is 0.469. The van der Waals surface area contributed by atoms with Crippen LogP contribution in [-0.2, 0) is 11.3 Å². The molecule has 0 saturated heterocycles. The number of rotatable bonds is 5. The number of benzene rings is 3. The van der Waals surface area contributed by atoms with E-state index in [9.17, 15) is 22.8 Å². The van der Waals surface area contributed by atoms with E-state index < -0.39 is 12.8 Å². The first-order valence-electron chi connectivity index (χ1n) is 9.41. The van der Waals surface area contributed by atoms with Gasteiger partial charge in [0, 0.05) is 16.5 Å². The first-order chi connectivity index (χ1) is 14.8. The predicted molar refractivity (Wildman–Crippen MR) is 112 cm³/mol. The Kier molecular flexibility index (Phi) is 5.37. The van der Waals surface area contributed by atoms with Gasteiger partial charge in [-0.2, -0.15) is 13.2 Å². The molecule has 4 rings (SSSR count). The maximum absolute atomic E-state index is 12.8. The van der Waals surface area contributed by atoms with E-state index in [0.29, 0.717) is 27.5 Å². The van der Waals surface area contributed by atoms with Gasteiger partial charge in [-0.3, -0.25) is 9.59 Å². The van der Waals surface area contributed by atoms with Crippen LogP contribution in [0.15, 0.2) is 77.6 Å². The average molecular weight is 426 g/mol. The lowest BCUT2D eigenvalue weighted by atomic mass is 10.1. The first-order valence-corrected chi connectivity index (χ1v) is 9.41. The largest absolute Gasteiger partial charge is 0.484 e. The second-order valence-corrected chi connectivity index (χ2v) is 6.93. The van der Waals surface area contributed by atoms with Gasteiger partial charge in [-0.05, 0) is 48.5 Å². The molecule has 158 valence electrons. The van der Waals surface area contributed by atoms with Crippen LogP contribution in [0.1, 0.15) is 0 Å². The molecule has 0 atom stereocenters. The molecule has 0 saturated carbocycles. The molecule has 0 spiro atoms. The molecule has 0 aliphatic heterocycles. The molecule has 0 radical (unpaired) electrons. The lowest BCUT2D eigenvalue weighted by molar-refractivity contribution is -0.153. The van der Waals surface area contributed by atoms with Crippen molar-refractivity contribution in [1.82, 2.24) is 4.57 Å². The molecule has 3 aromatic carbocycles. The van der Waals surface area contributed by atoms with Crippen LogP contribution in [0.25, 0.3) is 21.8 Å². The Morgan fingerprint density at radius 2 is 1.42 bits per heavy atom. The summed E-state index contributed by atoms with van der Waals surface area (Å²) in [6.45, 7) is -1.43. The number of anilines is 1. The summed E-state index contributed by atoms with van der Waals surface area (Å²) < 4.78 is 43.2. The lowest BCUT2D eigenvalue weighted by Gasteiger charge is -2.15. The van der Waals surface area contributed by atoms with Crippen molar-refractivity contribution in [2.75, 3.05) is 11.9 Å². The van der Waals surface area contributed by atoms with E-state index >= 15 is 0 Å². The smallest absolute Gasteiger partial charge is 0.422 e. The van der Waals surface area contributed by atoms with Gasteiger partial charge in [0.15, 0.2) is 12.0 Å². The Bertz CT molecular complexity index is 1250. The van der Waals surface area contributed by atoms with E-state index in [0.717, 1.165) is 0 Å². The summed E-state index contributed by atoms with van der Waals surface area (Å²) in [4.78, 5) is 25.5. The maximum atomic E-state index is 12.8. The van der Waals surface area contributed by atoms with E-state index in [4.69, 9.17) is 0 Å². The van der Waals surface area contributed by atoms with Crippen molar-refractivity contribution in [3.8, 4) is 5.75 Å². The Labute approximate surface area is 174 Å². The zero-order valence-electron chi connectivity index (χ0n) is 16.1. The van der Waals surface area contributed by atoms with Crippen LogP contribution < -0.4 is 15.5 Å². The molecule has 0 unspecified atom stereocenters. The number of pyridine rings is 1. The number of fused-ring (bicyclic) bond motifs is 2. The molecule has 1 aromatic heterocycles. The molecule has 31 heavy (non-hydrogen) atoms. The Hall–Kier alpha value is -3.81. The second kappa shape index (κ2) is 8.14. The molecular weight excluding hydrogens is 409 g/mol. The highest BCUT2D eigenvalue weighted by molar-refractivity contribution is 5.97. The topological polar surface area (TPSA) is 60.3 Å². The lowest BCUT2D eigenvalue weighted by Crippen LogP contribution is -2.21. The SMILES string of the molecule is O=C(Cn1c2ccccc2c(=O)c2ccccc21)Nc1ccc(OCC(F)(F)F)cc1. The molecule has 0 fully saturated rings. The highest BCUT2D eigenvalue weighted by Crippen LogP contribution is 2.22. The third-order valence-corrected chi connectivity index (χ3v) is 4.72. The van der Waals surface area contributed by atoms with Crippen molar-refractivity contribution >= 4 is 33.4 Å². The first kappa shape index (κ1) is 20.5. The molecule has 1 N–H and O–H groups in total. The Morgan fingerprint density at radius 3 is 1.97 bits per heavy atom. The number of amides is 1. The number of carbonyl (C=O) groups is 1. The highest BCUT2D eigenvalue weighted by atomic mass is 19.4. The Balaban J connectivity index is 1.58. The fourth-order valence-corrected chi connectivity index (χ4v) is 3.39. The number of hydrogen-bond acceptors (Lipinski definition) is 3. The Morgan fingerprint density at radius 1 is 0.871 bits per heavy atom. The van der Waals surface area contributed by atoms with Crippen LogP contribution in [0, 0.1) is 0 Å². The van der Waals surface area contributed by atoms with Crippen molar-refractivity contribution in [2.45, 2.75) is 12.7 Å². The number of alkyl halides is 3. The molecule has 1 heterocycles. The van der Waals surface area contributed by atoms with E-state index in [2.05, 4.69) is 10.1 Å². The zero-order chi connectivity index (χ0) is 22.0. The standard InChI is InChI=1S/C23H17F3N2O3/c24-23(25,26)14-31-16-11-9-15(10-12-16)27-21(29)13-28-19-7-3-1-5-17(19)22(30)18-6-2-4-8-20(18)28/h1-12H,13-14H2,(H,27,29). The van der Waals surface area contributed by atoms with Gasteiger partial charge in [-0.15, -0.1) is 0 Å². The summed E-state index contributed by atoms with van der Waals surface area (Å²) in [7, 11) is 0. The average Bonchev–Trinajstić information content (AvgIpc) is 2.75. The van der Waals surface area contributed by atoms with E-state index in [-0.39, 0.29) is 23.6 Å². The summed E-state index contributed by atoms with van der Waals surface area (Å²) in [6.07, 6.45) is -4.42. The van der Waals surface area contributed by atoms with Crippen LogP contribution in [0.3, 0.4) is 0 Å². The molecule has 5 nitrogen and oxygen atoms in total. The highest BCUT2D eigenvalue weighted by Gasteiger charge is 2.28. The predicted octanol–water partition coefficient (Wildman–Crippen LogP) is 4.73. The number of hydrogen-bond donors (Lipinski definition) is 1. The number of carbonyl (C=O) groups excluding carboxylic acids is 1. The van der Waals surface area contributed by atoms with E-state index in [1.807, 2.05) is 0 Å². The van der Waals surface area contributed by atoms with Gasteiger partial charge < -0.3 is 14.6 Å². The van der Waals surface area contributed by atoms with Gasteiger partial charge in [0.25, 0.3) is 0 Å². The van der Waals surface area contributed by atoms with E-state index in [1.165, 1.54) is 24.3 Å². The minimum Gasteiger partial charge on any atom is -0.484 e. The van der Waals surface area contributed by atoms with Crippen molar-refractivity contribution in [1.29, 1.82) is 0 Å². The van der Waals surface area contributed by atoms with Crippen LogP contribution in [0.2, 0.25) is 0 Å². The van der Waals surface area contributed by atoms with Gasteiger partial charge in [0.1, 0.15) is 12.3 Å². The third kappa shape index (κ3) is 4.53. The normalized spacial score (nSPS) is 11.6. The van der Waals surface area contributed by atoms with Crippen molar-refractivity contribution in [2.24, 2.45) is 0 Å². The summed E-state index contributed by atoms with van der Waals surface area (Å²) in [6, 6.07) is 19.8. The zero-order valence-corrected chi connectivity index (χ0v) is 16.1. The second-order valence-electron chi connectivity index (χ2n) is 6.93. The van der Waals surface area contributed by atoms with Gasteiger partial charge in [0.05, 0.1) is 11.0 Å². The van der Waals surface area contributed by atoms with Crippen molar-refractivity contribution in [3.05, 3.63) is 83.0 Å². The molecule has 0 bridgehead atoms. The number of ether oxygens (including phenoxy) is 1. The fourth-order valence-electron chi connectivity index (χ4n) is 3.39. The van der Waals surface area contributed by atoms with Gasteiger partial charge in [-0.25, -0.2) is 0 Å². The number of nitrogens with one attached hydrogen (secondary N) is 1. The molecule has 8 heteroatoms. The molecular formula is C23H17F3N2O3.